The summed E-state index contributed by atoms with van der Waals surface area (Å²) in [5, 5.41) is 10.2. The monoisotopic (exact) mass is 428 g/mol. The van der Waals surface area contributed by atoms with E-state index in [-0.39, 0.29) is 17.8 Å². The molecule has 6 heteroatoms. The van der Waals surface area contributed by atoms with Crippen LogP contribution < -0.4 is 11.2 Å². The van der Waals surface area contributed by atoms with Crippen LogP contribution >= 0.6 is 15.9 Å². The molecular weight excluding hydrogens is 408 g/mol. The number of halogens is 1. The van der Waals surface area contributed by atoms with Crippen LogP contribution in [0.2, 0.25) is 0 Å². The maximum Gasteiger partial charge on any atom is 0.338 e. The van der Waals surface area contributed by atoms with Crippen molar-refractivity contribution in [2.75, 3.05) is 0 Å². The van der Waals surface area contributed by atoms with Gasteiger partial charge in [0.15, 0.2) is 0 Å². The molecule has 27 heavy (non-hydrogen) atoms. The first-order valence-corrected chi connectivity index (χ1v) is 9.38. The first-order valence-electron chi connectivity index (χ1n) is 8.58. The molecule has 0 saturated carbocycles. The molecule has 1 N–H and O–H groups in total. The molecule has 0 aliphatic rings. The molecule has 0 aliphatic heterocycles. The van der Waals surface area contributed by atoms with Crippen LogP contribution in [0.5, 0.6) is 5.88 Å². The highest BCUT2D eigenvalue weighted by atomic mass is 79.9. The number of hydrogen-bond acceptors (Lipinski definition) is 3. The highest BCUT2D eigenvalue weighted by Gasteiger charge is 2.16. The summed E-state index contributed by atoms with van der Waals surface area (Å²) in [6, 6.07) is 15.9. The lowest BCUT2D eigenvalue weighted by atomic mass is 9.87. The van der Waals surface area contributed by atoms with Gasteiger partial charge in [-0.25, -0.2) is 9.36 Å². The number of aromatic nitrogens is 2. The smallest absolute Gasteiger partial charge is 0.338 e. The third-order valence-corrected chi connectivity index (χ3v) is 5.10. The van der Waals surface area contributed by atoms with E-state index in [0.29, 0.717) is 10.2 Å². The highest BCUT2D eigenvalue weighted by molar-refractivity contribution is 9.10. The lowest BCUT2D eigenvalue weighted by Crippen LogP contribution is -2.38. The van der Waals surface area contributed by atoms with Crippen molar-refractivity contribution in [1.29, 1.82) is 0 Å². The van der Waals surface area contributed by atoms with E-state index in [0.717, 1.165) is 16.2 Å². The molecule has 1 aromatic heterocycles. The minimum atomic E-state index is -0.591. The summed E-state index contributed by atoms with van der Waals surface area (Å²) in [6.07, 6.45) is 0. The van der Waals surface area contributed by atoms with E-state index < -0.39 is 11.2 Å². The van der Waals surface area contributed by atoms with E-state index in [1.807, 2.05) is 24.3 Å². The molecule has 1 heterocycles. The molecule has 3 rings (SSSR count). The number of aromatic hydroxyl groups is 1. The Hall–Kier alpha value is -2.60. The van der Waals surface area contributed by atoms with Crippen molar-refractivity contribution < 1.29 is 5.11 Å². The van der Waals surface area contributed by atoms with E-state index in [2.05, 4.69) is 36.7 Å². The summed E-state index contributed by atoms with van der Waals surface area (Å²) in [5.74, 6) is -0.354. The fourth-order valence-electron chi connectivity index (χ4n) is 2.86. The normalized spacial score (nSPS) is 11.6. The van der Waals surface area contributed by atoms with E-state index in [1.165, 1.54) is 10.1 Å². The van der Waals surface area contributed by atoms with Crippen molar-refractivity contribution in [2.45, 2.75) is 32.7 Å². The zero-order valence-corrected chi connectivity index (χ0v) is 17.0. The van der Waals surface area contributed by atoms with Crippen LogP contribution in [0.25, 0.3) is 5.69 Å². The van der Waals surface area contributed by atoms with Crippen LogP contribution in [0.1, 0.15) is 31.9 Å². The van der Waals surface area contributed by atoms with E-state index in [1.54, 1.807) is 24.3 Å². The van der Waals surface area contributed by atoms with Crippen molar-refractivity contribution in [2.24, 2.45) is 0 Å². The van der Waals surface area contributed by atoms with E-state index in [4.69, 9.17) is 0 Å². The molecule has 0 amide bonds. The lowest BCUT2D eigenvalue weighted by molar-refractivity contribution is 0.405. The second-order valence-corrected chi connectivity index (χ2v) is 8.30. The Morgan fingerprint density at radius 1 is 1.00 bits per heavy atom. The van der Waals surface area contributed by atoms with E-state index >= 15 is 0 Å². The molecule has 0 aliphatic carbocycles. The van der Waals surface area contributed by atoms with Crippen LogP contribution in [0.4, 0.5) is 0 Å². The SMILES string of the molecule is CC(C)(C)c1ccc(Cn2c(O)cc(=O)n(-c3ccccc3Br)c2=O)cc1. The summed E-state index contributed by atoms with van der Waals surface area (Å²) in [4.78, 5) is 25.3. The predicted octanol–water partition coefficient (Wildman–Crippen LogP) is 3.81. The van der Waals surface area contributed by atoms with Gasteiger partial charge in [0.2, 0.25) is 5.88 Å². The number of rotatable bonds is 3. The molecule has 0 radical (unpaired) electrons. The fourth-order valence-corrected chi connectivity index (χ4v) is 3.32. The summed E-state index contributed by atoms with van der Waals surface area (Å²) < 4.78 is 2.86. The van der Waals surface area contributed by atoms with Crippen LogP contribution in [0.3, 0.4) is 0 Å². The van der Waals surface area contributed by atoms with Gasteiger partial charge >= 0.3 is 5.69 Å². The quantitative estimate of drug-likeness (QED) is 0.689. The van der Waals surface area contributed by atoms with Gasteiger partial charge in [-0.3, -0.25) is 9.36 Å². The van der Waals surface area contributed by atoms with Crippen molar-refractivity contribution >= 4 is 15.9 Å². The standard InChI is InChI=1S/C21H21BrN2O3/c1-21(2,3)15-10-8-14(9-11-15)13-23-18(25)12-19(26)24(20(23)27)17-7-5-4-6-16(17)22/h4-12,25H,13H2,1-3H3. The molecule has 5 nitrogen and oxygen atoms in total. The molecule has 0 spiro atoms. The van der Waals surface area contributed by atoms with Gasteiger partial charge < -0.3 is 5.11 Å². The Kier molecular flexibility index (Phi) is 5.11. The minimum Gasteiger partial charge on any atom is -0.494 e. The molecular formula is C21H21BrN2O3. The number of para-hydroxylation sites is 1. The summed E-state index contributed by atoms with van der Waals surface area (Å²) in [5.41, 5.74) is 1.34. The van der Waals surface area contributed by atoms with Crippen molar-refractivity contribution in [1.82, 2.24) is 9.13 Å². The summed E-state index contributed by atoms with van der Waals surface area (Å²) in [6.45, 7) is 6.56. The van der Waals surface area contributed by atoms with Gasteiger partial charge in [-0.2, -0.15) is 0 Å². The van der Waals surface area contributed by atoms with Crippen molar-refractivity contribution in [3.63, 3.8) is 0 Å². The molecule has 3 aromatic rings. The summed E-state index contributed by atoms with van der Waals surface area (Å²) >= 11 is 3.37. The number of benzene rings is 2. The zero-order valence-electron chi connectivity index (χ0n) is 15.4. The van der Waals surface area contributed by atoms with Crippen LogP contribution in [-0.2, 0) is 12.0 Å². The minimum absolute atomic E-state index is 0.0321. The third kappa shape index (κ3) is 3.90. The Labute approximate surface area is 165 Å². The van der Waals surface area contributed by atoms with Gasteiger partial charge in [-0.05, 0) is 44.6 Å². The predicted molar refractivity (Wildman–Crippen MR) is 110 cm³/mol. The maximum absolute atomic E-state index is 12.9. The fraction of sp³-hybridized carbons (Fsp3) is 0.238. The van der Waals surface area contributed by atoms with Crippen LogP contribution in [0.15, 0.2) is 68.7 Å². The molecule has 0 atom stereocenters. The van der Waals surface area contributed by atoms with Gasteiger partial charge in [-0.1, -0.05) is 57.2 Å². The van der Waals surface area contributed by atoms with Gasteiger partial charge in [0.05, 0.1) is 18.3 Å². The lowest BCUT2D eigenvalue weighted by Gasteiger charge is -2.19. The average Bonchev–Trinajstić information content (AvgIpc) is 2.60. The Morgan fingerprint density at radius 3 is 2.22 bits per heavy atom. The summed E-state index contributed by atoms with van der Waals surface area (Å²) in [7, 11) is 0. The Bertz CT molecular complexity index is 1090. The van der Waals surface area contributed by atoms with Crippen molar-refractivity contribution in [3.05, 3.63) is 91.0 Å². The second kappa shape index (κ2) is 7.19. The molecule has 0 saturated heterocycles. The van der Waals surface area contributed by atoms with Crippen molar-refractivity contribution in [3.8, 4) is 11.6 Å². The molecule has 140 valence electrons. The second-order valence-electron chi connectivity index (χ2n) is 7.44. The van der Waals surface area contributed by atoms with Crippen LogP contribution in [-0.4, -0.2) is 14.2 Å². The molecule has 0 fully saturated rings. The number of hydrogen-bond donors (Lipinski definition) is 1. The average molecular weight is 429 g/mol. The van der Waals surface area contributed by atoms with Gasteiger partial charge in [-0.15, -0.1) is 0 Å². The Morgan fingerprint density at radius 2 is 1.63 bits per heavy atom. The highest BCUT2D eigenvalue weighted by Crippen LogP contribution is 2.23. The van der Waals surface area contributed by atoms with Crippen LogP contribution in [0, 0.1) is 0 Å². The van der Waals surface area contributed by atoms with Gasteiger partial charge in [0.25, 0.3) is 5.56 Å². The zero-order chi connectivity index (χ0) is 19.8. The first-order chi connectivity index (χ1) is 12.7. The largest absolute Gasteiger partial charge is 0.494 e. The Balaban J connectivity index is 2.07. The van der Waals surface area contributed by atoms with E-state index in [9.17, 15) is 14.7 Å². The number of nitrogens with zero attached hydrogens (tertiary/aromatic N) is 2. The van der Waals surface area contributed by atoms with Gasteiger partial charge in [0.1, 0.15) is 0 Å². The maximum atomic E-state index is 12.9. The van der Waals surface area contributed by atoms with Gasteiger partial charge in [0, 0.05) is 4.47 Å². The first kappa shape index (κ1) is 19.2. The molecule has 0 bridgehead atoms. The molecule has 0 unspecified atom stereocenters. The third-order valence-electron chi connectivity index (χ3n) is 4.43. The topological polar surface area (TPSA) is 64.2 Å². The molecule has 2 aromatic carbocycles.